The van der Waals surface area contributed by atoms with Crippen LogP contribution in [0.15, 0.2) is 18.2 Å². The lowest BCUT2D eigenvalue weighted by Gasteiger charge is -2.36. The van der Waals surface area contributed by atoms with E-state index in [1.54, 1.807) is 19.2 Å². The van der Waals surface area contributed by atoms with Crippen molar-refractivity contribution in [2.75, 3.05) is 7.11 Å². The molecule has 0 saturated heterocycles. The number of hydrogen-bond acceptors (Lipinski definition) is 3. The summed E-state index contributed by atoms with van der Waals surface area (Å²) in [6.45, 7) is 10.9. The van der Waals surface area contributed by atoms with Gasteiger partial charge in [0.25, 0.3) is 8.32 Å². The Morgan fingerprint density at radius 3 is 2.22 bits per heavy atom. The Hall–Kier alpha value is -1.29. The molecule has 1 rings (SSSR count). The zero-order valence-corrected chi connectivity index (χ0v) is 13.0. The Morgan fingerprint density at radius 2 is 1.78 bits per heavy atom. The zero-order valence-electron chi connectivity index (χ0n) is 12.0. The third kappa shape index (κ3) is 3.13. The summed E-state index contributed by atoms with van der Waals surface area (Å²) in [5.41, 5.74) is 0.592. The molecule has 0 aliphatic heterocycles. The monoisotopic (exact) mass is 266 g/mol. The van der Waals surface area contributed by atoms with E-state index in [0.29, 0.717) is 11.3 Å². The van der Waals surface area contributed by atoms with Crippen molar-refractivity contribution < 1.29 is 14.0 Å². The fourth-order valence-corrected chi connectivity index (χ4v) is 2.29. The molecule has 18 heavy (non-hydrogen) atoms. The van der Waals surface area contributed by atoms with Crippen molar-refractivity contribution in [3.05, 3.63) is 23.8 Å². The molecule has 1 aromatic rings. The standard InChI is InChI=1S/C14H22O3Si/c1-14(2,3)18(5,6)17-12-8-7-11(10-15)9-13(12)16-4/h7-10H,1-6H3. The average molecular weight is 266 g/mol. The summed E-state index contributed by atoms with van der Waals surface area (Å²) in [5.74, 6) is 1.33. The second-order valence-electron chi connectivity index (χ2n) is 5.89. The van der Waals surface area contributed by atoms with Gasteiger partial charge in [-0.1, -0.05) is 20.8 Å². The first-order valence-electron chi connectivity index (χ1n) is 6.03. The molecule has 0 atom stereocenters. The summed E-state index contributed by atoms with van der Waals surface area (Å²) in [6, 6.07) is 5.26. The average Bonchev–Trinajstić information content (AvgIpc) is 2.27. The maximum atomic E-state index is 10.7. The van der Waals surface area contributed by atoms with E-state index in [0.717, 1.165) is 12.0 Å². The van der Waals surface area contributed by atoms with Crippen LogP contribution in [0, 0.1) is 0 Å². The van der Waals surface area contributed by atoms with Crippen LogP contribution in [0.2, 0.25) is 18.1 Å². The van der Waals surface area contributed by atoms with Gasteiger partial charge in [0.05, 0.1) is 7.11 Å². The molecule has 100 valence electrons. The highest BCUT2D eigenvalue weighted by molar-refractivity contribution is 6.74. The van der Waals surface area contributed by atoms with Gasteiger partial charge < -0.3 is 9.16 Å². The van der Waals surface area contributed by atoms with Gasteiger partial charge >= 0.3 is 0 Å². The summed E-state index contributed by atoms with van der Waals surface area (Å²) in [5, 5.41) is 0.126. The number of carbonyl (C=O) groups is 1. The lowest BCUT2D eigenvalue weighted by Crippen LogP contribution is -2.43. The Kier molecular flexibility index (Phi) is 4.22. The first-order valence-corrected chi connectivity index (χ1v) is 8.94. The van der Waals surface area contributed by atoms with Gasteiger partial charge in [0.2, 0.25) is 0 Å². The van der Waals surface area contributed by atoms with Crippen molar-refractivity contribution in [3.8, 4) is 11.5 Å². The predicted octanol–water partition coefficient (Wildman–Crippen LogP) is 3.89. The molecule has 0 amide bonds. The SMILES string of the molecule is COc1cc(C=O)ccc1O[Si](C)(C)C(C)(C)C. The van der Waals surface area contributed by atoms with E-state index >= 15 is 0 Å². The van der Waals surface area contributed by atoms with E-state index < -0.39 is 8.32 Å². The van der Waals surface area contributed by atoms with Crippen LogP contribution in [0.4, 0.5) is 0 Å². The summed E-state index contributed by atoms with van der Waals surface area (Å²) >= 11 is 0. The molecule has 0 spiro atoms. The fourth-order valence-electron chi connectivity index (χ4n) is 1.27. The number of benzene rings is 1. The van der Waals surface area contributed by atoms with E-state index in [-0.39, 0.29) is 5.04 Å². The second-order valence-corrected chi connectivity index (χ2v) is 10.6. The smallest absolute Gasteiger partial charge is 0.250 e. The van der Waals surface area contributed by atoms with Gasteiger partial charge in [0.15, 0.2) is 5.75 Å². The number of aldehydes is 1. The lowest BCUT2D eigenvalue weighted by molar-refractivity contribution is 0.112. The minimum Gasteiger partial charge on any atom is -0.541 e. The Balaban J connectivity index is 3.08. The first kappa shape index (κ1) is 14.8. The van der Waals surface area contributed by atoms with Gasteiger partial charge in [0, 0.05) is 5.56 Å². The van der Waals surface area contributed by atoms with E-state index in [9.17, 15) is 4.79 Å². The highest BCUT2D eigenvalue weighted by atomic mass is 28.4. The topological polar surface area (TPSA) is 35.5 Å². The Labute approximate surface area is 110 Å². The van der Waals surface area contributed by atoms with E-state index in [2.05, 4.69) is 33.9 Å². The Bertz CT molecular complexity index is 433. The molecular formula is C14H22O3Si. The number of hydrogen-bond donors (Lipinski definition) is 0. The molecule has 0 heterocycles. The minimum absolute atomic E-state index is 0.126. The van der Waals surface area contributed by atoms with Crippen LogP contribution in [0.5, 0.6) is 11.5 Å². The molecule has 0 fully saturated rings. The molecule has 0 saturated carbocycles. The minimum atomic E-state index is -1.89. The molecule has 0 bridgehead atoms. The van der Waals surface area contributed by atoms with Gasteiger partial charge in [-0.2, -0.15) is 0 Å². The van der Waals surface area contributed by atoms with Crippen molar-refractivity contribution >= 4 is 14.6 Å². The van der Waals surface area contributed by atoms with E-state index in [1.165, 1.54) is 0 Å². The summed E-state index contributed by atoms with van der Waals surface area (Å²) in [7, 11) is -0.304. The molecule has 4 heteroatoms. The van der Waals surface area contributed by atoms with Gasteiger partial charge in [0.1, 0.15) is 12.0 Å². The molecular weight excluding hydrogens is 244 g/mol. The maximum absolute atomic E-state index is 10.7. The molecule has 0 N–H and O–H groups in total. The van der Waals surface area contributed by atoms with Gasteiger partial charge in [-0.3, -0.25) is 4.79 Å². The largest absolute Gasteiger partial charge is 0.541 e. The van der Waals surface area contributed by atoms with Gasteiger partial charge in [-0.15, -0.1) is 0 Å². The van der Waals surface area contributed by atoms with Crippen LogP contribution in [-0.2, 0) is 0 Å². The highest BCUT2D eigenvalue weighted by Gasteiger charge is 2.39. The summed E-state index contributed by atoms with van der Waals surface area (Å²) in [6.07, 6.45) is 0.804. The first-order chi connectivity index (χ1) is 8.21. The number of rotatable bonds is 4. The third-order valence-corrected chi connectivity index (χ3v) is 7.84. The van der Waals surface area contributed by atoms with Gasteiger partial charge in [-0.05, 0) is 36.3 Å². The molecule has 0 unspecified atom stereocenters. The van der Waals surface area contributed by atoms with E-state index in [1.807, 2.05) is 6.07 Å². The normalized spacial score (nSPS) is 12.1. The van der Waals surface area contributed by atoms with E-state index in [4.69, 9.17) is 9.16 Å². The van der Waals surface area contributed by atoms with Crippen LogP contribution in [0.3, 0.4) is 0 Å². The molecule has 3 nitrogen and oxygen atoms in total. The Morgan fingerprint density at radius 1 is 1.17 bits per heavy atom. The van der Waals surface area contributed by atoms with Crippen molar-refractivity contribution in [1.29, 1.82) is 0 Å². The van der Waals surface area contributed by atoms with Crippen LogP contribution in [0.25, 0.3) is 0 Å². The van der Waals surface area contributed by atoms with Gasteiger partial charge in [-0.25, -0.2) is 0 Å². The van der Waals surface area contributed by atoms with Crippen LogP contribution in [-0.4, -0.2) is 21.7 Å². The van der Waals surface area contributed by atoms with Crippen LogP contribution < -0.4 is 9.16 Å². The molecule has 0 aliphatic carbocycles. The second kappa shape index (κ2) is 5.14. The lowest BCUT2D eigenvalue weighted by atomic mass is 10.2. The molecule has 1 aromatic carbocycles. The highest BCUT2D eigenvalue weighted by Crippen LogP contribution is 2.39. The zero-order chi connectivity index (χ0) is 14.0. The molecule has 0 aromatic heterocycles. The summed E-state index contributed by atoms with van der Waals surface area (Å²) in [4.78, 5) is 10.7. The number of carbonyl (C=O) groups excluding carboxylic acids is 1. The maximum Gasteiger partial charge on any atom is 0.250 e. The van der Waals surface area contributed by atoms with Crippen molar-refractivity contribution in [2.45, 2.75) is 38.9 Å². The molecule has 0 aliphatic rings. The fraction of sp³-hybridized carbons (Fsp3) is 0.500. The number of ether oxygens (including phenoxy) is 1. The van der Waals surface area contributed by atoms with Crippen molar-refractivity contribution in [1.82, 2.24) is 0 Å². The number of methoxy groups -OCH3 is 1. The van der Waals surface area contributed by atoms with Crippen molar-refractivity contribution in [2.24, 2.45) is 0 Å². The quantitative estimate of drug-likeness (QED) is 0.612. The van der Waals surface area contributed by atoms with Crippen LogP contribution >= 0.6 is 0 Å². The third-order valence-electron chi connectivity index (χ3n) is 3.50. The van der Waals surface area contributed by atoms with Crippen LogP contribution in [0.1, 0.15) is 31.1 Å². The molecule has 0 radical (unpaired) electrons. The van der Waals surface area contributed by atoms with Crippen molar-refractivity contribution in [3.63, 3.8) is 0 Å². The summed E-state index contributed by atoms with van der Waals surface area (Å²) < 4.78 is 11.5. The predicted molar refractivity (Wildman–Crippen MR) is 76.2 cm³/mol.